The zero-order valence-electron chi connectivity index (χ0n) is 9.20. The Morgan fingerprint density at radius 1 is 1.21 bits per heavy atom. The van der Waals surface area contributed by atoms with Crippen LogP contribution in [0.2, 0.25) is 0 Å². The summed E-state index contributed by atoms with van der Waals surface area (Å²) in [7, 11) is 2.18. The lowest BCUT2D eigenvalue weighted by Crippen LogP contribution is -2.31. The van der Waals surface area contributed by atoms with Gasteiger partial charge in [0.1, 0.15) is 0 Å². The third-order valence-electron chi connectivity index (χ3n) is 3.49. The van der Waals surface area contributed by atoms with Crippen molar-refractivity contribution < 1.29 is 4.79 Å². The number of amides is 1. The number of likely N-dealkylation sites (tertiary alicyclic amines) is 2. The third kappa shape index (κ3) is 1.78. The fourth-order valence-electron chi connectivity index (χ4n) is 2.80. The standard InChI is InChI=1S/C11H20N2O/c1-3-4-11(14)13-7-9-5-12(2)6-10(9)8-13/h9-10H,3-8H2,1-2H3. The lowest BCUT2D eigenvalue weighted by atomic mass is 10.0. The molecule has 0 aromatic carbocycles. The van der Waals surface area contributed by atoms with Gasteiger partial charge < -0.3 is 9.80 Å². The first-order valence-electron chi connectivity index (χ1n) is 5.67. The van der Waals surface area contributed by atoms with Gasteiger partial charge in [0.25, 0.3) is 0 Å². The summed E-state index contributed by atoms with van der Waals surface area (Å²) in [6.07, 6.45) is 1.71. The molecule has 1 amide bonds. The number of fused-ring (bicyclic) bond motifs is 1. The summed E-state index contributed by atoms with van der Waals surface area (Å²) in [5.74, 6) is 1.87. The van der Waals surface area contributed by atoms with Crippen molar-refractivity contribution in [1.82, 2.24) is 9.80 Å². The molecule has 2 aliphatic heterocycles. The first-order valence-corrected chi connectivity index (χ1v) is 5.67. The molecular weight excluding hydrogens is 176 g/mol. The Labute approximate surface area is 86.1 Å². The monoisotopic (exact) mass is 196 g/mol. The minimum atomic E-state index is 0.365. The van der Waals surface area contributed by atoms with E-state index in [4.69, 9.17) is 0 Å². The van der Waals surface area contributed by atoms with Gasteiger partial charge in [-0.1, -0.05) is 6.92 Å². The second-order valence-electron chi connectivity index (χ2n) is 4.79. The smallest absolute Gasteiger partial charge is 0.222 e. The summed E-state index contributed by atoms with van der Waals surface area (Å²) in [6, 6.07) is 0. The number of carbonyl (C=O) groups is 1. The van der Waals surface area contributed by atoms with E-state index < -0.39 is 0 Å². The van der Waals surface area contributed by atoms with Gasteiger partial charge in [-0.15, -0.1) is 0 Å². The highest BCUT2D eigenvalue weighted by Gasteiger charge is 2.39. The molecule has 0 spiro atoms. The Bertz CT molecular complexity index is 215. The first kappa shape index (κ1) is 9.97. The summed E-state index contributed by atoms with van der Waals surface area (Å²) in [6.45, 7) is 6.45. The molecule has 2 aliphatic rings. The molecular formula is C11H20N2O. The molecule has 0 bridgehead atoms. The zero-order chi connectivity index (χ0) is 10.1. The molecule has 2 rings (SSSR count). The Morgan fingerprint density at radius 3 is 2.29 bits per heavy atom. The quantitative estimate of drug-likeness (QED) is 0.652. The van der Waals surface area contributed by atoms with Crippen LogP contribution in [0.15, 0.2) is 0 Å². The second kappa shape index (κ2) is 3.89. The van der Waals surface area contributed by atoms with Crippen molar-refractivity contribution in [3.8, 4) is 0 Å². The summed E-state index contributed by atoms with van der Waals surface area (Å²) in [5, 5.41) is 0. The molecule has 2 heterocycles. The van der Waals surface area contributed by atoms with E-state index in [2.05, 4.69) is 23.8 Å². The minimum absolute atomic E-state index is 0.365. The Morgan fingerprint density at radius 2 is 1.79 bits per heavy atom. The van der Waals surface area contributed by atoms with Crippen LogP contribution in [-0.4, -0.2) is 48.9 Å². The molecule has 2 saturated heterocycles. The number of nitrogens with zero attached hydrogens (tertiary/aromatic N) is 2. The van der Waals surface area contributed by atoms with Crippen molar-refractivity contribution in [2.75, 3.05) is 33.2 Å². The molecule has 0 aliphatic carbocycles. The van der Waals surface area contributed by atoms with Crippen LogP contribution in [0.5, 0.6) is 0 Å². The van der Waals surface area contributed by atoms with Gasteiger partial charge in [-0.05, 0) is 25.3 Å². The average molecular weight is 196 g/mol. The van der Waals surface area contributed by atoms with E-state index >= 15 is 0 Å². The van der Waals surface area contributed by atoms with Crippen LogP contribution in [0, 0.1) is 11.8 Å². The second-order valence-corrected chi connectivity index (χ2v) is 4.79. The molecule has 2 fully saturated rings. The van der Waals surface area contributed by atoms with E-state index in [-0.39, 0.29) is 0 Å². The van der Waals surface area contributed by atoms with Crippen LogP contribution < -0.4 is 0 Å². The molecule has 14 heavy (non-hydrogen) atoms. The maximum atomic E-state index is 11.7. The molecule has 0 aromatic rings. The first-order chi connectivity index (χ1) is 6.70. The molecule has 0 N–H and O–H groups in total. The average Bonchev–Trinajstić information content (AvgIpc) is 2.61. The molecule has 3 nitrogen and oxygen atoms in total. The largest absolute Gasteiger partial charge is 0.342 e. The van der Waals surface area contributed by atoms with E-state index in [0.717, 1.165) is 37.8 Å². The van der Waals surface area contributed by atoms with Crippen LogP contribution in [0.1, 0.15) is 19.8 Å². The Kier molecular flexibility index (Phi) is 2.77. The normalized spacial score (nSPS) is 32.3. The van der Waals surface area contributed by atoms with Crippen LogP contribution in [-0.2, 0) is 4.79 Å². The van der Waals surface area contributed by atoms with E-state index in [1.807, 2.05) is 0 Å². The number of hydrogen-bond acceptors (Lipinski definition) is 2. The van der Waals surface area contributed by atoms with E-state index in [1.165, 1.54) is 13.1 Å². The maximum Gasteiger partial charge on any atom is 0.222 e. The number of rotatable bonds is 2. The summed E-state index contributed by atoms with van der Waals surface area (Å²) in [4.78, 5) is 16.1. The highest BCUT2D eigenvalue weighted by atomic mass is 16.2. The fraction of sp³-hybridized carbons (Fsp3) is 0.909. The van der Waals surface area contributed by atoms with Crippen molar-refractivity contribution in [2.45, 2.75) is 19.8 Å². The van der Waals surface area contributed by atoms with Gasteiger partial charge in [0, 0.05) is 32.6 Å². The van der Waals surface area contributed by atoms with E-state index in [0.29, 0.717) is 5.91 Å². The van der Waals surface area contributed by atoms with E-state index in [9.17, 15) is 4.79 Å². The van der Waals surface area contributed by atoms with Gasteiger partial charge in [-0.3, -0.25) is 4.79 Å². The van der Waals surface area contributed by atoms with Crippen molar-refractivity contribution in [1.29, 1.82) is 0 Å². The molecule has 80 valence electrons. The molecule has 2 unspecified atom stereocenters. The molecule has 3 heteroatoms. The topological polar surface area (TPSA) is 23.6 Å². The zero-order valence-corrected chi connectivity index (χ0v) is 9.20. The van der Waals surface area contributed by atoms with Crippen molar-refractivity contribution in [3.63, 3.8) is 0 Å². The lowest BCUT2D eigenvalue weighted by Gasteiger charge is -2.18. The summed E-state index contributed by atoms with van der Waals surface area (Å²) in [5.41, 5.74) is 0. The third-order valence-corrected chi connectivity index (χ3v) is 3.49. The van der Waals surface area contributed by atoms with Crippen LogP contribution in [0.25, 0.3) is 0 Å². The molecule has 2 atom stereocenters. The van der Waals surface area contributed by atoms with Crippen molar-refractivity contribution in [2.24, 2.45) is 11.8 Å². The predicted molar refractivity (Wildman–Crippen MR) is 56.0 cm³/mol. The molecule has 0 saturated carbocycles. The summed E-state index contributed by atoms with van der Waals surface area (Å²) < 4.78 is 0. The van der Waals surface area contributed by atoms with Crippen LogP contribution in [0.3, 0.4) is 0 Å². The minimum Gasteiger partial charge on any atom is -0.342 e. The Hall–Kier alpha value is -0.570. The van der Waals surface area contributed by atoms with Gasteiger partial charge in [-0.2, -0.15) is 0 Å². The number of carbonyl (C=O) groups excluding carboxylic acids is 1. The van der Waals surface area contributed by atoms with E-state index in [1.54, 1.807) is 0 Å². The maximum absolute atomic E-state index is 11.7. The highest BCUT2D eigenvalue weighted by molar-refractivity contribution is 5.76. The lowest BCUT2D eigenvalue weighted by molar-refractivity contribution is -0.130. The molecule has 0 radical (unpaired) electrons. The highest BCUT2D eigenvalue weighted by Crippen LogP contribution is 2.30. The number of hydrogen-bond donors (Lipinski definition) is 0. The van der Waals surface area contributed by atoms with Crippen LogP contribution in [0.4, 0.5) is 0 Å². The predicted octanol–water partition coefficient (Wildman–Crippen LogP) is 0.806. The fourth-order valence-corrected chi connectivity index (χ4v) is 2.80. The van der Waals surface area contributed by atoms with Gasteiger partial charge in [-0.25, -0.2) is 0 Å². The van der Waals surface area contributed by atoms with Gasteiger partial charge in [0.2, 0.25) is 5.91 Å². The SMILES string of the molecule is CCCC(=O)N1CC2CN(C)CC2C1. The molecule has 0 aromatic heterocycles. The Balaban J connectivity index is 1.88. The summed E-state index contributed by atoms with van der Waals surface area (Å²) >= 11 is 0. The van der Waals surface area contributed by atoms with Gasteiger partial charge >= 0.3 is 0 Å². The van der Waals surface area contributed by atoms with Crippen molar-refractivity contribution >= 4 is 5.91 Å². The van der Waals surface area contributed by atoms with Crippen molar-refractivity contribution in [3.05, 3.63) is 0 Å². The van der Waals surface area contributed by atoms with Gasteiger partial charge in [0.05, 0.1) is 0 Å². The van der Waals surface area contributed by atoms with Crippen LogP contribution >= 0.6 is 0 Å². The van der Waals surface area contributed by atoms with Gasteiger partial charge in [0.15, 0.2) is 0 Å².